The van der Waals surface area contributed by atoms with Crippen molar-refractivity contribution >= 4 is 11.5 Å². The molecule has 5 heteroatoms. The van der Waals surface area contributed by atoms with Crippen LogP contribution in [0.25, 0.3) is 5.69 Å². The second-order valence-corrected chi connectivity index (χ2v) is 5.50. The molecule has 0 amide bonds. The van der Waals surface area contributed by atoms with E-state index in [0.29, 0.717) is 0 Å². The first-order chi connectivity index (χ1) is 13.6. The summed E-state index contributed by atoms with van der Waals surface area (Å²) in [5.41, 5.74) is 5.38. The van der Waals surface area contributed by atoms with Gasteiger partial charge in [0.1, 0.15) is 5.82 Å². The number of aryl methyl sites for hydroxylation is 3. The molecule has 154 valence electrons. The van der Waals surface area contributed by atoms with Crippen molar-refractivity contribution in [3.8, 4) is 5.69 Å². The van der Waals surface area contributed by atoms with E-state index < -0.39 is 0 Å². The molecule has 0 saturated carbocycles. The van der Waals surface area contributed by atoms with E-state index in [4.69, 9.17) is 5.11 Å². The number of rotatable bonds is 3. The molecule has 3 aromatic rings. The van der Waals surface area contributed by atoms with Gasteiger partial charge in [-0.15, -0.1) is 0 Å². The Hall–Kier alpha value is -2.66. The summed E-state index contributed by atoms with van der Waals surface area (Å²) in [5.74, 6) is 0.943. The second-order valence-electron chi connectivity index (χ2n) is 5.50. The molecule has 3 rings (SSSR count). The average Bonchev–Trinajstić information content (AvgIpc) is 3.08. The third kappa shape index (κ3) is 7.53. The van der Waals surface area contributed by atoms with Gasteiger partial charge < -0.3 is 10.4 Å². The lowest BCUT2D eigenvalue weighted by Gasteiger charge is -2.12. The Morgan fingerprint density at radius 1 is 0.964 bits per heavy atom. The molecule has 0 aliphatic heterocycles. The topological polar surface area (TPSA) is 63.0 Å². The zero-order chi connectivity index (χ0) is 21.5. The quantitative estimate of drug-likeness (QED) is 0.582. The molecule has 0 spiro atoms. The van der Waals surface area contributed by atoms with Crippen LogP contribution in [0.3, 0.4) is 0 Å². The Balaban J connectivity index is 0.000000930. The molecule has 28 heavy (non-hydrogen) atoms. The molecule has 2 aromatic heterocycles. The van der Waals surface area contributed by atoms with E-state index in [1.54, 1.807) is 13.1 Å². The molecule has 0 atom stereocenters. The molecule has 0 aliphatic rings. The maximum atomic E-state index is 7.57. The number of hydrogen-bond acceptors (Lipinski definition) is 4. The Morgan fingerprint density at radius 3 is 2.14 bits per heavy atom. The molecule has 0 unspecified atom stereocenters. The third-order valence-corrected chi connectivity index (χ3v) is 3.48. The van der Waals surface area contributed by atoms with E-state index >= 15 is 0 Å². The van der Waals surface area contributed by atoms with Crippen LogP contribution in [0.1, 0.15) is 51.4 Å². The van der Waals surface area contributed by atoms with Crippen molar-refractivity contribution in [3.63, 3.8) is 0 Å². The van der Waals surface area contributed by atoms with Gasteiger partial charge >= 0.3 is 0 Å². The average molecular weight is 385 g/mol. The van der Waals surface area contributed by atoms with Gasteiger partial charge in [-0.2, -0.15) is 5.10 Å². The van der Waals surface area contributed by atoms with Gasteiger partial charge in [-0.3, -0.25) is 4.98 Å². The monoisotopic (exact) mass is 384 g/mol. The number of benzene rings is 1. The fraction of sp³-hybridized carbons (Fsp3) is 0.391. The van der Waals surface area contributed by atoms with E-state index in [0.717, 1.165) is 28.5 Å². The standard InChI is InChI=1S/C17H18N4.C2H6O.2C2H6/c1-12-6-4-5-7-15(12)19-17-10-14(3)20-21(17)16-11-18-9-8-13(16)2;1-2-3;2*1-2/h4-11,19H,1-3H3;3H,2H2,1H3;2*1-2H3. The summed E-state index contributed by atoms with van der Waals surface area (Å²) in [4.78, 5) is 4.21. The molecule has 5 nitrogen and oxygen atoms in total. The van der Waals surface area contributed by atoms with E-state index in [9.17, 15) is 0 Å². The third-order valence-electron chi connectivity index (χ3n) is 3.48. The lowest BCUT2D eigenvalue weighted by Crippen LogP contribution is -2.05. The van der Waals surface area contributed by atoms with Crippen molar-refractivity contribution in [2.75, 3.05) is 11.9 Å². The summed E-state index contributed by atoms with van der Waals surface area (Å²) in [6, 6.07) is 12.2. The zero-order valence-electron chi connectivity index (χ0n) is 18.6. The molecule has 1 aromatic carbocycles. The molecule has 0 bridgehead atoms. The Kier molecular flexibility index (Phi) is 13.0. The first-order valence-corrected chi connectivity index (χ1v) is 9.98. The van der Waals surface area contributed by atoms with E-state index in [2.05, 4.69) is 41.4 Å². The zero-order valence-corrected chi connectivity index (χ0v) is 18.6. The molecule has 0 radical (unpaired) electrons. The minimum absolute atomic E-state index is 0.250. The number of nitrogens with one attached hydrogen (secondary N) is 1. The first kappa shape index (κ1) is 25.3. The van der Waals surface area contributed by atoms with Crippen LogP contribution in [0.4, 0.5) is 11.5 Å². The van der Waals surface area contributed by atoms with Crippen LogP contribution < -0.4 is 5.32 Å². The predicted molar refractivity (Wildman–Crippen MR) is 121 cm³/mol. The number of nitrogens with zero attached hydrogens (tertiary/aromatic N) is 3. The minimum atomic E-state index is 0.250. The summed E-state index contributed by atoms with van der Waals surface area (Å²) >= 11 is 0. The highest BCUT2D eigenvalue weighted by Gasteiger charge is 2.10. The first-order valence-electron chi connectivity index (χ1n) is 9.98. The van der Waals surface area contributed by atoms with Gasteiger partial charge in [-0.25, -0.2) is 4.68 Å². The summed E-state index contributed by atoms with van der Waals surface area (Å²) in [6.45, 7) is 16.1. The van der Waals surface area contributed by atoms with Crippen molar-refractivity contribution in [2.45, 2.75) is 55.4 Å². The number of pyridine rings is 1. The van der Waals surface area contributed by atoms with Gasteiger partial charge in [0.25, 0.3) is 0 Å². The molecule has 0 saturated heterocycles. The van der Waals surface area contributed by atoms with Gasteiger partial charge in [-0.1, -0.05) is 45.9 Å². The number of aromatic nitrogens is 3. The van der Waals surface area contributed by atoms with Crippen molar-refractivity contribution in [3.05, 3.63) is 65.6 Å². The van der Waals surface area contributed by atoms with Crippen LogP contribution in [0, 0.1) is 20.8 Å². The predicted octanol–water partition coefficient (Wildman–Crippen LogP) is 5.99. The van der Waals surface area contributed by atoms with Crippen LogP contribution in [0.15, 0.2) is 48.8 Å². The summed E-state index contributed by atoms with van der Waals surface area (Å²) in [6.07, 6.45) is 3.63. The number of para-hydroxylation sites is 1. The number of aliphatic hydroxyl groups excluding tert-OH is 1. The second kappa shape index (κ2) is 14.4. The van der Waals surface area contributed by atoms with Crippen LogP contribution in [0.2, 0.25) is 0 Å². The minimum Gasteiger partial charge on any atom is -0.397 e. The maximum absolute atomic E-state index is 7.57. The van der Waals surface area contributed by atoms with Crippen molar-refractivity contribution in [1.82, 2.24) is 14.8 Å². The summed E-state index contributed by atoms with van der Waals surface area (Å²) < 4.78 is 1.91. The Bertz CT molecular complexity index is 797. The van der Waals surface area contributed by atoms with Crippen LogP contribution in [0.5, 0.6) is 0 Å². The van der Waals surface area contributed by atoms with Crippen molar-refractivity contribution in [2.24, 2.45) is 0 Å². The summed E-state index contributed by atoms with van der Waals surface area (Å²) in [7, 11) is 0. The molecular formula is C23H36N4O. The number of aliphatic hydroxyl groups is 1. The molecule has 2 N–H and O–H groups in total. The van der Waals surface area contributed by atoms with Gasteiger partial charge in [0.15, 0.2) is 0 Å². The fourth-order valence-corrected chi connectivity index (χ4v) is 2.30. The van der Waals surface area contributed by atoms with Crippen LogP contribution in [-0.4, -0.2) is 26.5 Å². The lowest BCUT2D eigenvalue weighted by molar-refractivity contribution is 0.318. The Morgan fingerprint density at radius 2 is 1.57 bits per heavy atom. The van der Waals surface area contributed by atoms with E-state index in [1.165, 1.54) is 5.56 Å². The molecule has 0 fully saturated rings. The summed E-state index contributed by atoms with van der Waals surface area (Å²) in [5, 5.41) is 15.6. The van der Waals surface area contributed by atoms with Gasteiger partial charge in [-0.05, 0) is 51.0 Å². The van der Waals surface area contributed by atoms with Crippen molar-refractivity contribution < 1.29 is 5.11 Å². The van der Waals surface area contributed by atoms with Crippen LogP contribution >= 0.6 is 0 Å². The fourth-order valence-electron chi connectivity index (χ4n) is 2.30. The smallest absolute Gasteiger partial charge is 0.134 e. The van der Waals surface area contributed by atoms with E-state index in [-0.39, 0.29) is 6.61 Å². The molecular weight excluding hydrogens is 348 g/mol. The van der Waals surface area contributed by atoms with E-state index in [1.807, 2.05) is 69.8 Å². The molecule has 0 aliphatic carbocycles. The van der Waals surface area contributed by atoms with Gasteiger partial charge in [0.05, 0.1) is 17.6 Å². The van der Waals surface area contributed by atoms with Gasteiger partial charge in [0, 0.05) is 24.6 Å². The normalized spacial score (nSPS) is 9.04. The highest BCUT2D eigenvalue weighted by Crippen LogP contribution is 2.24. The highest BCUT2D eigenvalue weighted by molar-refractivity contribution is 5.62. The Labute approximate surface area is 170 Å². The lowest BCUT2D eigenvalue weighted by atomic mass is 10.2. The SMILES string of the molecule is CC.CC.CCO.Cc1cc(Nc2ccccc2C)n(-c2cnccc2C)n1. The number of anilines is 2. The van der Waals surface area contributed by atoms with Crippen molar-refractivity contribution in [1.29, 1.82) is 0 Å². The number of hydrogen-bond donors (Lipinski definition) is 2. The van der Waals surface area contributed by atoms with Crippen LogP contribution in [-0.2, 0) is 0 Å². The highest BCUT2D eigenvalue weighted by atomic mass is 16.2. The molecule has 2 heterocycles. The largest absolute Gasteiger partial charge is 0.397 e. The van der Waals surface area contributed by atoms with Gasteiger partial charge in [0.2, 0.25) is 0 Å². The maximum Gasteiger partial charge on any atom is 0.134 e.